The van der Waals surface area contributed by atoms with Crippen molar-refractivity contribution in [3.8, 4) is 0 Å². The van der Waals surface area contributed by atoms with Gasteiger partial charge in [0.25, 0.3) is 5.56 Å². The summed E-state index contributed by atoms with van der Waals surface area (Å²) in [6, 6.07) is 8.47. The molecule has 194 valence electrons. The highest BCUT2D eigenvalue weighted by Crippen LogP contribution is 2.55. The number of aromatic nitrogens is 2. The number of ether oxygens (including phenoxy) is 1. The number of rotatable bonds is 5. The van der Waals surface area contributed by atoms with Crippen LogP contribution in [0.2, 0.25) is 0 Å². The van der Waals surface area contributed by atoms with Gasteiger partial charge in [-0.25, -0.2) is 4.79 Å². The van der Waals surface area contributed by atoms with Crippen molar-refractivity contribution in [3.05, 3.63) is 45.1 Å². The molecule has 5 aliphatic rings. The van der Waals surface area contributed by atoms with Crippen molar-refractivity contribution in [1.29, 1.82) is 0 Å². The van der Waals surface area contributed by atoms with Gasteiger partial charge in [-0.2, -0.15) is 0 Å². The highest BCUT2D eigenvalue weighted by Gasteiger charge is 2.52. The number of carbonyl (C=O) groups is 1. The van der Waals surface area contributed by atoms with E-state index in [1.54, 1.807) is 25.1 Å². The molecule has 2 aromatic rings. The first kappa shape index (κ1) is 24.0. The van der Waals surface area contributed by atoms with E-state index < -0.39 is 5.97 Å². The van der Waals surface area contributed by atoms with Crippen LogP contribution in [0.25, 0.3) is 10.9 Å². The molecule has 4 atom stereocenters. The molecule has 4 bridgehead atoms. The number of esters is 1. The summed E-state index contributed by atoms with van der Waals surface area (Å²) in [7, 11) is 0. The Labute approximate surface area is 212 Å². The Morgan fingerprint density at radius 1 is 1.00 bits per heavy atom. The fraction of sp³-hybridized carbons (Fsp3) is 0.690. The van der Waals surface area contributed by atoms with Gasteiger partial charge in [0.05, 0.1) is 17.5 Å². The third-order valence-electron chi connectivity index (χ3n) is 10.0. The Morgan fingerprint density at radius 2 is 1.69 bits per heavy atom. The molecule has 36 heavy (non-hydrogen) atoms. The molecule has 3 saturated carbocycles. The zero-order valence-corrected chi connectivity index (χ0v) is 21.7. The number of nitrogens with zero attached hydrogens (tertiary/aromatic N) is 3. The Hall–Kier alpha value is -2.41. The molecule has 2 aliphatic heterocycles. The van der Waals surface area contributed by atoms with Crippen molar-refractivity contribution in [1.82, 2.24) is 14.0 Å². The fourth-order valence-corrected chi connectivity index (χ4v) is 8.25. The average molecular weight is 494 g/mol. The first-order chi connectivity index (χ1) is 17.4. The van der Waals surface area contributed by atoms with Crippen LogP contribution in [-0.2, 0) is 16.1 Å². The summed E-state index contributed by atoms with van der Waals surface area (Å²) in [6.45, 7) is 4.34. The predicted octanol–water partition coefficient (Wildman–Crippen LogP) is 4.25. The van der Waals surface area contributed by atoms with Crippen molar-refractivity contribution in [3.63, 3.8) is 0 Å². The minimum Gasteiger partial charge on any atom is -0.465 e. The van der Waals surface area contributed by atoms with Gasteiger partial charge in [-0.05, 0) is 88.2 Å². The van der Waals surface area contributed by atoms with Gasteiger partial charge in [-0.3, -0.25) is 23.6 Å². The molecule has 2 saturated heterocycles. The normalized spacial score (nSPS) is 34.1. The SMILES string of the molecule is CCOC(=O)Cn1c(=O)n([C@H]2C[C@H]3CCC[C@@H](C2)N3[C@@H]2CC3CCC2(C)CC3)c(=O)c2ccccc21. The zero-order chi connectivity index (χ0) is 25.0. The summed E-state index contributed by atoms with van der Waals surface area (Å²) < 4.78 is 8.08. The molecule has 7 nitrogen and oxygen atoms in total. The van der Waals surface area contributed by atoms with Gasteiger partial charge in [-0.1, -0.05) is 25.5 Å². The third-order valence-corrected chi connectivity index (χ3v) is 10.0. The van der Waals surface area contributed by atoms with Crippen molar-refractivity contribution >= 4 is 16.9 Å². The molecule has 3 aliphatic carbocycles. The summed E-state index contributed by atoms with van der Waals surface area (Å²) in [5.74, 6) is 0.413. The van der Waals surface area contributed by atoms with Crippen LogP contribution < -0.4 is 11.2 Å². The summed E-state index contributed by atoms with van der Waals surface area (Å²) >= 11 is 0. The van der Waals surface area contributed by atoms with Crippen LogP contribution in [0.1, 0.15) is 84.1 Å². The molecular formula is C29H39N3O4. The summed E-state index contributed by atoms with van der Waals surface area (Å²) in [6.07, 6.45) is 11.9. The van der Waals surface area contributed by atoms with Gasteiger partial charge < -0.3 is 4.74 Å². The lowest BCUT2D eigenvalue weighted by Crippen LogP contribution is -2.64. The van der Waals surface area contributed by atoms with Crippen molar-refractivity contribution in [2.24, 2.45) is 11.3 Å². The van der Waals surface area contributed by atoms with E-state index in [-0.39, 0.29) is 30.4 Å². The smallest absolute Gasteiger partial charge is 0.332 e. The largest absolute Gasteiger partial charge is 0.465 e. The molecule has 7 rings (SSSR count). The lowest BCUT2D eigenvalue weighted by Gasteiger charge is -2.61. The maximum absolute atomic E-state index is 13.8. The highest BCUT2D eigenvalue weighted by atomic mass is 16.5. The first-order valence-electron chi connectivity index (χ1n) is 14.1. The summed E-state index contributed by atoms with van der Waals surface area (Å²) in [4.78, 5) is 42.7. The Kier molecular flexibility index (Phi) is 6.09. The molecule has 1 aromatic heterocycles. The second kappa shape index (κ2) is 9.16. The van der Waals surface area contributed by atoms with Gasteiger partial charge in [0, 0.05) is 24.2 Å². The van der Waals surface area contributed by atoms with Gasteiger partial charge in [0.15, 0.2) is 0 Å². The van der Waals surface area contributed by atoms with E-state index >= 15 is 0 Å². The molecule has 1 aromatic carbocycles. The van der Waals surface area contributed by atoms with E-state index in [2.05, 4.69) is 11.8 Å². The standard InChI is InChI=1S/C29H39N3O4/c1-3-36-26(33)18-30-24-10-5-4-9-23(24)27(34)32(28(30)35)22-16-20-7-6-8-21(17-22)31(20)25-15-19-11-13-29(25,2)14-12-19/h4-5,9-10,19-22,25H,3,6-8,11-18H2,1-2H3/t19?,20-,21+,22+,25-,29?/m1/s1. The number of benzene rings is 1. The van der Waals surface area contributed by atoms with Gasteiger partial charge >= 0.3 is 11.7 Å². The molecule has 5 fully saturated rings. The number of para-hydroxylation sites is 1. The molecule has 0 unspecified atom stereocenters. The molecule has 0 amide bonds. The lowest BCUT2D eigenvalue weighted by molar-refractivity contribution is -0.143. The van der Waals surface area contributed by atoms with E-state index in [1.807, 2.05) is 6.07 Å². The second-order valence-corrected chi connectivity index (χ2v) is 12.0. The number of hydrogen-bond donors (Lipinski definition) is 0. The third kappa shape index (κ3) is 3.85. The molecular weight excluding hydrogens is 454 g/mol. The van der Waals surface area contributed by atoms with Crippen LogP contribution in [0.5, 0.6) is 0 Å². The lowest BCUT2D eigenvalue weighted by atomic mass is 9.57. The number of hydrogen-bond acceptors (Lipinski definition) is 5. The van der Waals surface area contributed by atoms with E-state index in [0.29, 0.717) is 34.4 Å². The van der Waals surface area contributed by atoms with Crippen molar-refractivity contribution in [2.75, 3.05) is 6.61 Å². The monoisotopic (exact) mass is 493 g/mol. The quantitative estimate of drug-likeness (QED) is 0.582. The minimum atomic E-state index is -0.456. The number of fused-ring (bicyclic) bond motifs is 7. The molecule has 7 heteroatoms. The van der Waals surface area contributed by atoms with Crippen LogP contribution in [-0.4, -0.2) is 44.7 Å². The minimum absolute atomic E-state index is 0.136. The van der Waals surface area contributed by atoms with E-state index in [1.165, 1.54) is 47.7 Å². The summed E-state index contributed by atoms with van der Waals surface area (Å²) in [5, 5.41) is 0.492. The van der Waals surface area contributed by atoms with Crippen LogP contribution in [0.4, 0.5) is 0 Å². The van der Waals surface area contributed by atoms with E-state index in [9.17, 15) is 14.4 Å². The van der Waals surface area contributed by atoms with Gasteiger partial charge in [-0.15, -0.1) is 0 Å². The molecule has 0 radical (unpaired) electrons. The van der Waals surface area contributed by atoms with Crippen LogP contribution in [0, 0.1) is 11.3 Å². The van der Waals surface area contributed by atoms with Crippen molar-refractivity contribution < 1.29 is 9.53 Å². The zero-order valence-electron chi connectivity index (χ0n) is 21.7. The molecule has 0 spiro atoms. The van der Waals surface area contributed by atoms with Crippen molar-refractivity contribution in [2.45, 2.75) is 109 Å². The van der Waals surface area contributed by atoms with Crippen LogP contribution in [0.15, 0.2) is 33.9 Å². The Morgan fingerprint density at radius 3 is 2.36 bits per heavy atom. The van der Waals surface area contributed by atoms with E-state index in [0.717, 1.165) is 31.6 Å². The summed E-state index contributed by atoms with van der Waals surface area (Å²) in [5.41, 5.74) is 0.296. The average Bonchev–Trinajstić information content (AvgIpc) is 2.86. The Balaban J connectivity index is 1.37. The predicted molar refractivity (Wildman–Crippen MR) is 139 cm³/mol. The second-order valence-electron chi connectivity index (χ2n) is 12.0. The molecule has 3 heterocycles. The number of carbonyl (C=O) groups excluding carboxylic acids is 1. The van der Waals surface area contributed by atoms with Gasteiger partial charge in [0.2, 0.25) is 0 Å². The molecule has 0 N–H and O–H groups in total. The fourth-order valence-electron chi connectivity index (χ4n) is 8.25. The topological polar surface area (TPSA) is 73.5 Å². The number of piperidine rings is 2. The Bertz CT molecular complexity index is 1260. The highest BCUT2D eigenvalue weighted by molar-refractivity contribution is 5.80. The van der Waals surface area contributed by atoms with Crippen LogP contribution in [0.3, 0.4) is 0 Å². The maximum atomic E-state index is 13.8. The van der Waals surface area contributed by atoms with Crippen LogP contribution >= 0.6 is 0 Å². The van der Waals surface area contributed by atoms with Gasteiger partial charge in [0.1, 0.15) is 6.54 Å². The maximum Gasteiger partial charge on any atom is 0.332 e. The van der Waals surface area contributed by atoms with E-state index in [4.69, 9.17) is 4.74 Å². The first-order valence-corrected chi connectivity index (χ1v) is 14.1.